The van der Waals surface area contributed by atoms with Crippen molar-refractivity contribution in [1.29, 1.82) is 0 Å². The molecule has 1 aromatic rings. The SMILES string of the molecule is C=CCN(C(=O)c1c(N)cnn1C)C(C)C. The van der Waals surface area contributed by atoms with E-state index in [1.807, 2.05) is 13.8 Å². The highest BCUT2D eigenvalue weighted by molar-refractivity contribution is 5.97. The van der Waals surface area contributed by atoms with Crippen LogP contribution in [0.1, 0.15) is 24.3 Å². The molecule has 0 radical (unpaired) electrons. The molecule has 0 atom stereocenters. The topological polar surface area (TPSA) is 64.2 Å². The fourth-order valence-electron chi connectivity index (χ4n) is 1.52. The van der Waals surface area contributed by atoms with Gasteiger partial charge in [0, 0.05) is 19.6 Å². The minimum absolute atomic E-state index is 0.0970. The van der Waals surface area contributed by atoms with E-state index in [4.69, 9.17) is 5.73 Å². The van der Waals surface area contributed by atoms with Gasteiger partial charge in [-0.15, -0.1) is 6.58 Å². The number of nitrogens with two attached hydrogens (primary N) is 1. The van der Waals surface area contributed by atoms with E-state index in [2.05, 4.69) is 11.7 Å². The third-order valence-corrected chi connectivity index (χ3v) is 2.38. The number of carbonyl (C=O) groups is 1. The van der Waals surface area contributed by atoms with Gasteiger partial charge in [0.2, 0.25) is 0 Å². The summed E-state index contributed by atoms with van der Waals surface area (Å²) in [5, 5.41) is 3.96. The molecule has 0 saturated carbocycles. The highest BCUT2D eigenvalue weighted by Crippen LogP contribution is 2.14. The highest BCUT2D eigenvalue weighted by Gasteiger charge is 2.22. The van der Waals surface area contributed by atoms with Gasteiger partial charge in [0.15, 0.2) is 0 Å². The van der Waals surface area contributed by atoms with Crippen molar-refractivity contribution < 1.29 is 4.79 Å². The zero-order chi connectivity index (χ0) is 12.3. The number of aromatic nitrogens is 2. The van der Waals surface area contributed by atoms with E-state index < -0.39 is 0 Å². The van der Waals surface area contributed by atoms with E-state index in [1.54, 1.807) is 18.0 Å². The van der Waals surface area contributed by atoms with Gasteiger partial charge in [-0.3, -0.25) is 9.48 Å². The third-order valence-electron chi connectivity index (χ3n) is 2.38. The first-order valence-corrected chi connectivity index (χ1v) is 5.18. The van der Waals surface area contributed by atoms with Crippen LogP contribution in [0.5, 0.6) is 0 Å². The van der Waals surface area contributed by atoms with E-state index in [0.29, 0.717) is 17.9 Å². The van der Waals surface area contributed by atoms with Gasteiger partial charge in [0.1, 0.15) is 5.69 Å². The standard InChI is InChI=1S/C11H18N4O/c1-5-6-15(8(2)3)11(16)10-9(12)7-13-14(10)4/h5,7-8H,1,6,12H2,2-4H3. The molecule has 2 N–H and O–H groups in total. The third kappa shape index (κ3) is 2.24. The largest absolute Gasteiger partial charge is 0.396 e. The molecule has 88 valence electrons. The first kappa shape index (κ1) is 12.3. The zero-order valence-corrected chi connectivity index (χ0v) is 9.97. The Labute approximate surface area is 95.5 Å². The van der Waals surface area contributed by atoms with Crippen LogP contribution in [0.4, 0.5) is 5.69 Å². The van der Waals surface area contributed by atoms with Crippen LogP contribution in [-0.2, 0) is 7.05 Å². The second kappa shape index (κ2) is 4.83. The Balaban J connectivity index is 3.03. The number of nitrogens with zero attached hydrogens (tertiary/aromatic N) is 3. The molecule has 0 aliphatic rings. The maximum Gasteiger partial charge on any atom is 0.274 e. The van der Waals surface area contributed by atoms with E-state index >= 15 is 0 Å². The molecule has 0 unspecified atom stereocenters. The number of hydrogen-bond acceptors (Lipinski definition) is 3. The number of nitrogen functional groups attached to an aromatic ring is 1. The van der Waals surface area contributed by atoms with Gasteiger partial charge in [-0.1, -0.05) is 6.08 Å². The first-order valence-electron chi connectivity index (χ1n) is 5.18. The molecule has 1 heterocycles. The van der Waals surface area contributed by atoms with Gasteiger partial charge in [-0.2, -0.15) is 5.10 Å². The smallest absolute Gasteiger partial charge is 0.274 e. The molecule has 1 amide bonds. The van der Waals surface area contributed by atoms with Crippen molar-refractivity contribution in [1.82, 2.24) is 14.7 Å². The molecular formula is C11H18N4O. The summed E-state index contributed by atoms with van der Waals surface area (Å²) in [4.78, 5) is 13.9. The second-order valence-electron chi connectivity index (χ2n) is 3.91. The first-order chi connectivity index (χ1) is 7.49. The summed E-state index contributed by atoms with van der Waals surface area (Å²) in [6, 6.07) is 0.0970. The molecule has 5 nitrogen and oxygen atoms in total. The predicted molar refractivity (Wildman–Crippen MR) is 64.0 cm³/mol. The van der Waals surface area contributed by atoms with Gasteiger partial charge < -0.3 is 10.6 Å². The molecular weight excluding hydrogens is 204 g/mol. The van der Waals surface area contributed by atoms with Crippen molar-refractivity contribution in [3.05, 3.63) is 24.5 Å². The van der Waals surface area contributed by atoms with Crippen LogP contribution in [0.15, 0.2) is 18.9 Å². The number of anilines is 1. The zero-order valence-electron chi connectivity index (χ0n) is 9.97. The summed E-state index contributed by atoms with van der Waals surface area (Å²) in [7, 11) is 1.70. The Morgan fingerprint density at radius 3 is 2.75 bits per heavy atom. The second-order valence-corrected chi connectivity index (χ2v) is 3.91. The van der Waals surface area contributed by atoms with Gasteiger partial charge in [-0.05, 0) is 13.8 Å². The molecule has 5 heteroatoms. The van der Waals surface area contributed by atoms with Crippen LogP contribution >= 0.6 is 0 Å². The molecule has 0 fully saturated rings. The summed E-state index contributed by atoms with van der Waals surface area (Å²) in [6.45, 7) is 8.05. The quantitative estimate of drug-likeness (QED) is 0.774. The summed E-state index contributed by atoms with van der Waals surface area (Å²) in [5.41, 5.74) is 6.55. The maximum atomic E-state index is 12.2. The van der Waals surface area contributed by atoms with E-state index in [1.165, 1.54) is 10.9 Å². The van der Waals surface area contributed by atoms with E-state index in [9.17, 15) is 4.79 Å². The van der Waals surface area contributed by atoms with Gasteiger partial charge >= 0.3 is 0 Å². The van der Waals surface area contributed by atoms with Gasteiger partial charge in [0.25, 0.3) is 5.91 Å². The molecule has 0 saturated heterocycles. The molecule has 1 rings (SSSR count). The Hall–Kier alpha value is -1.78. The van der Waals surface area contributed by atoms with E-state index in [-0.39, 0.29) is 11.9 Å². The molecule has 0 bridgehead atoms. The van der Waals surface area contributed by atoms with Crippen LogP contribution in [-0.4, -0.2) is 33.2 Å². The fraction of sp³-hybridized carbons (Fsp3) is 0.455. The average molecular weight is 222 g/mol. The van der Waals surface area contributed by atoms with Crippen molar-refractivity contribution in [2.45, 2.75) is 19.9 Å². The van der Waals surface area contributed by atoms with Crippen LogP contribution in [0.2, 0.25) is 0 Å². The Bertz CT molecular complexity index is 375. The summed E-state index contributed by atoms with van der Waals surface area (Å²) < 4.78 is 1.50. The average Bonchev–Trinajstić information content (AvgIpc) is 2.54. The molecule has 0 aliphatic heterocycles. The van der Waals surface area contributed by atoms with Crippen LogP contribution < -0.4 is 5.73 Å². The van der Waals surface area contributed by atoms with Crippen molar-refractivity contribution in [3.63, 3.8) is 0 Å². The molecule has 0 spiro atoms. The fourth-order valence-corrected chi connectivity index (χ4v) is 1.52. The predicted octanol–water partition coefficient (Wildman–Crippen LogP) is 1.04. The van der Waals surface area contributed by atoms with Crippen molar-refractivity contribution in [2.75, 3.05) is 12.3 Å². The Kier molecular flexibility index (Phi) is 3.71. The summed E-state index contributed by atoms with van der Waals surface area (Å²) >= 11 is 0. The minimum atomic E-state index is -0.118. The number of rotatable bonds is 4. The number of carbonyl (C=O) groups excluding carboxylic acids is 1. The lowest BCUT2D eigenvalue weighted by Crippen LogP contribution is -2.38. The van der Waals surface area contributed by atoms with Crippen LogP contribution in [0, 0.1) is 0 Å². The van der Waals surface area contributed by atoms with Crippen LogP contribution in [0.3, 0.4) is 0 Å². The lowest BCUT2D eigenvalue weighted by Gasteiger charge is -2.25. The van der Waals surface area contributed by atoms with Crippen molar-refractivity contribution in [3.8, 4) is 0 Å². The maximum absolute atomic E-state index is 12.2. The monoisotopic (exact) mass is 222 g/mol. The Morgan fingerprint density at radius 1 is 1.75 bits per heavy atom. The highest BCUT2D eigenvalue weighted by atomic mass is 16.2. The summed E-state index contributed by atoms with van der Waals surface area (Å²) in [5.74, 6) is -0.118. The lowest BCUT2D eigenvalue weighted by atomic mass is 10.2. The number of aryl methyl sites for hydroxylation is 1. The molecule has 16 heavy (non-hydrogen) atoms. The molecule has 0 aromatic carbocycles. The van der Waals surface area contributed by atoms with Gasteiger partial charge in [0.05, 0.1) is 11.9 Å². The number of amides is 1. The summed E-state index contributed by atoms with van der Waals surface area (Å²) in [6.07, 6.45) is 3.18. The lowest BCUT2D eigenvalue weighted by molar-refractivity contribution is 0.0718. The van der Waals surface area contributed by atoms with Gasteiger partial charge in [-0.25, -0.2) is 0 Å². The normalized spacial score (nSPS) is 10.5. The minimum Gasteiger partial charge on any atom is -0.396 e. The van der Waals surface area contributed by atoms with Crippen LogP contribution in [0.25, 0.3) is 0 Å². The molecule has 1 aromatic heterocycles. The molecule has 0 aliphatic carbocycles. The van der Waals surface area contributed by atoms with Crippen molar-refractivity contribution in [2.24, 2.45) is 7.05 Å². The van der Waals surface area contributed by atoms with Crippen molar-refractivity contribution >= 4 is 11.6 Å². The number of hydrogen-bond donors (Lipinski definition) is 1. The van der Waals surface area contributed by atoms with E-state index in [0.717, 1.165) is 0 Å². The Morgan fingerprint density at radius 2 is 2.38 bits per heavy atom.